The van der Waals surface area contributed by atoms with Gasteiger partial charge in [0, 0.05) is 20.2 Å². The molecule has 0 aliphatic rings. The number of rotatable bonds is 5. The molecule has 0 unspecified atom stereocenters. The van der Waals surface area contributed by atoms with Crippen molar-refractivity contribution in [2.24, 2.45) is 0 Å². The normalized spacial score (nSPS) is 10.2. The molecule has 2 heterocycles. The van der Waals surface area contributed by atoms with E-state index in [1.807, 2.05) is 0 Å². The van der Waals surface area contributed by atoms with Crippen molar-refractivity contribution >= 4 is 17.5 Å². The Hall–Kier alpha value is -2.71. The minimum Gasteiger partial charge on any atom is -0.361 e. The van der Waals surface area contributed by atoms with Crippen LogP contribution in [0.4, 0.5) is 17.5 Å². The monoisotopic (exact) mass is 264 g/mol. The van der Waals surface area contributed by atoms with Crippen LogP contribution in [-0.2, 0) is 6.54 Å². The van der Waals surface area contributed by atoms with E-state index in [1.54, 1.807) is 19.0 Å². The average molecular weight is 264 g/mol. The smallest absolute Gasteiger partial charge is 0.287 e. The predicted molar refractivity (Wildman–Crippen MR) is 66.8 cm³/mol. The number of aromatic nitrogens is 3. The third-order valence-corrected chi connectivity index (χ3v) is 2.24. The molecule has 9 nitrogen and oxygen atoms in total. The fourth-order valence-electron chi connectivity index (χ4n) is 1.26. The summed E-state index contributed by atoms with van der Waals surface area (Å²) in [6, 6.07) is 2.88. The maximum absolute atomic E-state index is 10.5. The van der Waals surface area contributed by atoms with Crippen molar-refractivity contribution in [3.05, 3.63) is 34.3 Å². The van der Waals surface area contributed by atoms with Crippen LogP contribution < -0.4 is 10.2 Å². The maximum atomic E-state index is 10.5. The fraction of sp³-hybridized carbons (Fsp3) is 0.300. The number of nitro groups is 1. The number of hydrogen-bond acceptors (Lipinski definition) is 8. The zero-order valence-electron chi connectivity index (χ0n) is 10.4. The van der Waals surface area contributed by atoms with Crippen molar-refractivity contribution in [2.45, 2.75) is 6.54 Å². The third-order valence-electron chi connectivity index (χ3n) is 2.24. The molecule has 0 spiro atoms. The van der Waals surface area contributed by atoms with Crippen LogP contribution >= 0.6 is 0 Å². The van der Waals surface area contributed by atoms with E-state index in [2.05, 4.69) is 20.4 Å². The standard InChI is InChI=1S/C10H12N6O3/c1-15(2)10-13-9(19-14-10)6-12-8-4-3-7(5-11-8)16(17)18/h3-5H,6H2,1-2H3,(H,11,12). The van der Waals surface area contributed by atoms with Gasteiger partial charge in [0.15, 0.2) is 0 Å². The van der Waals surface area contributed by atoms with E-state index in [9.17, 15) is 10.1 Å². The van der Waals surface area contributed by atoms with Gasteiger partial charge in [-0.1, -0.05) is 0 Å². The van der Waals surface area contributed by atoms with Crippen LogP contribution in [0.25, 0.3) is 0 Å². The second-order valence-corrected chi connectivity index (χ2v) is 3.89. The highest BCUT2D eigenvalue weighted by Gasteiger charge is 2.08. The molecule has 0 saturated heterocycles. The lowest BCUT2D eigenvalue weighted by molar-refractivity contribution is -0.385. The van der Waals surface area contributed by atoms with E-state index < -0.39 is 4.92 Å². The largest absolute Gasteiger partial charge is 0.361 e. The Labute approximate surface area is 108 Å². The van der Waals surface area contributed by atoms with E-state index in [1.165, 1.54) is 18.3 Å². The predicted octanol–water partition coefficient (Wildman–Crippen LogP) is 1.05. The molecule has 0 atom stereocenters. The molecule has 0 fully saturated rings. The third kappa shape index (κ3) is 3.15. The molecule has 0 aliphatic heterocycles. The van der Waals surface area contributed by atoms with Crippen LogP contribution in [0.3, 0.4) is 0 Å². The Morgan fingerprint density at radius 2 is 2.26 bits per heavy atom. The van der Waals surface area contributed by atoms with Gasteiger partial charge in [0.1, 0.15) is 12.0 Å². The van der Waals surface area contributed by atoms with Gasteiger partial charge < -0.3 is 14.7 Å². The Morgan fingerprint density at radius 1 is 1.47 bits per heavy atom. The van der Waals surface area contributed by atoms with Crippen molar-refractivity contribution in [1.29, 1.82) is 0 Å². The fourth-order valence-corrected chi connectivity index (χ4v) is 1.26. The minimum absolute atomic E-state index is 0.0572. The van der Waals surface area contributed by atoms with Crippen LogP contribution in [0.1, 0.15) is 5.89 Å². The van der Waals surface area contributed by atoms with E-state index >= 15 is 0 Å². The summed E-state index contributed by atoms with van der Waals surface area (Å²) >= 11 is 0. The lowest BCUT2D eigenvalue weighted by Crippen LogP contribution is -2.10. The van der Waals surface area contributed by atoms with Crippen molar-refractivity contribution < 1.29 is 9.45 Å². The molecule has 0 amide bonds. The average Bonchev–Trinajstić information content (AvgIpc) is 2.86. The molecule has 2 aromatic rings. The lowest BCUT2D eigenvalue weighted by Gasteiger charge is -2.03. The molecule has 2 rings (SSSR count). The first kappa shape index (κ1) is 12.7. The molecule has 0 aromatic carbocycles. The van der Waals surface area contributed by atoms with Crippen molar-refractivity contribution in [2.75, 3.05) is 24.3 Å². The first-order valence-corrected chi connectivity index (χ1v) is 5.40. The highest BCUT2D eigenvalue weighted by Crippen LogP contribution is 2.13. The van der Waals surface area contributed by atoms with Gasteiger partial charge in [-0.05, 0) is 11.2 Å². The molecule has 0 aliphatic carbocycles. The van der Waals surface area contributed by atoms with Gasteiger partial charge in [-0.15, -0.1) is 0 Å². The number of hydrogen-bond donors (Lipinski definition) is 1. The number of nitrogens with zero attached hydrogens (tertiary/aromatic N) is 5. The minimum atomic E-state index is -0.502. The van der Waals surface area contributed by atoms with Crippen molar-refractivity contribution in [3.63, 3.8) is 0 Å². The highest BCUT2D eigenvalue weighted by atomic mass is 16.6. The molecule has 0 radical (unpaired) electrons. The van der Waals surface area contributed by atoms with E-state index in [-0.39, 0.29) is 5.69 Å². The zero-order valence-corrected chi connectivity index (χ0v) is 10.4. The summed E-state index contributed by atoms with van der Waals surface area (Å²) < 4.78 is 5.01. The van der Waals surface area contributed by atoms with Crippen molar-refractivity contribution in [1.82, 2.24) is 15.1 Å². The van der Waals surface area contributed by atoms with Crippen molar-refractivity contribution in [3.8, 4) is 0 Å². The van der Waals surface area contributed by atoms with Crippen LogP contribution in [0.2, 0.25) is 0 Å². The van der Waals surface area contributed by atoms with Crippen LogP contribution in [0, 0.1) is 10.1 Å². The molecule has 0 saturated carbocycles. The van der Waals surface area contributed by atoms with Crippen LogP contribution in [0.5, 0.6) is 0 Å². The molecular formula is C10H12N6O3. The Balaban J connectivity index is 1.96. The van der Waals surface area contributed by atoms with Gasteiger partial charge in [0.2, 0.25) is 5.89 Å². The van der Waals surface area contributed by atoms with Gasteiger partial charge in [-0.3, -0.25) is 10.1 Å². The molecule has 0 bridgehead atoms. The van der Waals surface area contributed by atoms with Gasteiger partial charge in [-0.25, -0.2) is 4.98 Å². The summed E-state index contributed by atoms with van der Waals surface area (Å²) in [5.74, 6) is 1.38. The Kier molecular flexibility index (Phi) is 3.55. The lowest BCUT2D eigenvalue weighted by atomic mass is 10.4. The Bertz CT molecular complexity index is 565. The van der Waals surface area contributed by atoms with Gasteiger partial charge in [0.25, 0.3) is 11.6 Å². The van der Waals surface area contributed by atoms with E-state index in [4.69, 9.17) is 4.52 Å². The first-order chi connectivity index (χ1) is 9.06. The first-order valence-electron chi connectivity index (χ1n) is 5.40. The van der Waals surface area contributed by atoms with Crippen LogP contribution in [-0.4, -0.2) is 34.1 Å². The molecule has 2 aromatic heterocycles. The molecule has 1 N–H and O–H groups in total. The second kappa shape index (κ2) is 5.29. The maximum Gasteiger partial charge on any atom is 0.287 e. The summed E-state index contributed by atoms with van der Waals surface area (Å²) in [5.41, 5.74) is -0.0572. The summed E-state index contributed by atoms with van der Waals surface area (Å²) in [6.45, 7) is 0.297. The zero-order chi connectivity index (χ0) is 13.8. The summed E-state index contributed by atoms with van der Waals surface area (Å²) in [4.78, 5) is 19.7. The second-order valence-electron chi connectivity index (χ2n) is 3.89. The summed E-state index contributed by atoms with van der Waals surface area (Å²) in [5, 5.41) is 17.2. The molecule has 19 heavy (non-hydrogen) atoms. The topological polar surface area (TPSA) is 110 Å². The SMILES string of the molecule is CN(C)c1noc(CNc2ccc([N+](=O)[O-])cn2)n1. The molecular weight excluding hydrogens is 252 g/mol. The molecule has 9 heteroatoms. The quantitative estimate of drug-likeness (QED) is 0.630. The van der Waals surface area contributed by atoms with Crippen LogP contribution in [0.15, 0.2) is 22.9 Å². The molecule has 100 valence electrons. The van der Waals surface area contributed by atoms with E-state index in [0.29, 0.717) is 24.2 Å². The van der Waals surface area contributed by atoms with Gasteiger partial charge >= 0.3 is 0 Å². The van der Waals surface area contributed by atoms with Gasteiger partial charge in [0.05, 0.1) is 11.5 Å². The summed E-state index contributed by atoms with van der Waals surface area (Å²) in [7, 11) is 3.61. The van der Waals surface area contributed by atoms with Gasteiger partial charge in [-0.2, -0.15) is 4.98 Å². The Morgan fingerprint density at radius 3 is 2.79 bits per heavy atom. The number of pyridine rings is 1. The number of anilines is 2. The van der Waals surface area contributed by atoms with E-state index in [0.717, 1.165) is 0 Å². The number of nitrogens with one attached hydrogen (secondary N) is 1. The highest BCUT2D eigenvalue weighted by molar-refractivity contribution is 5.40. The summed E-state index contributed by atoms with van der Waals surface area (Å²) in [6.07, 6.45) is 1.18.